The molecule has 0 aliphatic heterocycles. The van der Waals surface area contributed by atoms with E-state index in [1.54, 1.807) is 24.3 Å². The van der Waals surface area contributed by atoms with Crippen LogP contribution in [0.15, 0.2) is 24.3 Å². The molecule has 0 bridgehead atoms. The molecule has 0 saturated heterocycles. The Labute approximate surface area is 110 Å². The number of nitrogens with one attached hydrogen (secondary N) is 2. The molecule has 0 atom stereocenters. The molecule has 8 heteroatoms. The second-order valence-electron chi connectivity index (χ2n) is 3.53. The molecule has 0 unspecified atom stereocenters. The Morgan fingerprint density at radius 1 is 1.28 bits per heavy atom. The molecule has 3 N–H and O–H groups in total. The summed E-state index contributed by atoms with van der Waals surface area (Å²) in [4.78, 5) is 11.5. The van der Waals surface area contributed by atoms with Crippen LogP contribution in [0.3, 0.4) is 0 Å². The summed E-state index contributed by atoms with van der Waals surface area (Å²) in [6.07, 6.45) is 0.194. The number of benzene rings is 1. The van der Waals surface area contributed by atoms with Gasteiger partial charge in [-0.25, -0.2) is 5.43 Å². The Hall–Kier alpha value is -1.15. The molecule has 18 heavy (non-hydrogen) atoms. The third kappa shape index (κ3) is 5.97. The van der Waals surface area contributed by atoms with E-state index in [-0.39, 0.29) is 24.6 Å². The Kier molecular flexibility index (Phi) is 5.54. The number of carbonyl (C=O) groups is 1. The van der Waals surface area contributed by atoms with Crippen molar-refractivity contribution in [2.45, 2.75) is 6.42 Å². The smallest absolute Gasteiger partial charge is 0.265 e. The molecule has 0 aliphatic rings. The summed E-state index contributed by atoms with van der Waals surface area (Å²) < 4.78 is 29.3. The van der Waals surface area contributed by atoms with Crippen LogP contribution in [0.4, 0.5) is 0 Å². The van der Waals surface area contributed by atoms with Crippen molar-refractivity contribution in [3.8, 4) is 0 Å². The molecule has 0 saturated carbocycles. The highest BCUT2D eigenvalue weighted by Crippen LogP contribution is 2.08. The van der Waals surface area contributed by atoms with Crippen LogP contribution in [0.25, 0.3) is 0 Å². The second-order valence-corrected chi connectivity index (χ2v) is 5.54. The first kappa shape index (κ1) is 14.9. The van der Waals surface area contributed by atoms with Gasteiger partial charge in [-0.1, -0.05) is 11.6 Å². The highest BCUT2D eigenvalue weighted by molar-refractivity contribution is 7.85. The zero-order chi connectivity index (χ0) is 13.6. The normalized spacial score (nSPS) is 11.2. The number of amides is 1. The lowest BCUT2D eigenvalue weighted by Gasteiger charge is -2.06. The van der Waals surface area contributed by atoms with Gasteiger partial charge in [-0.3, -0.25) is 14.8 Å². The van der Waals surface area contributed by atoms with Crippen LogP contribution < -0.4 is 10.9 Å². The monoisotopic (exact) mass is 292 g/mol. The Bertz CT molecular complexity index is 501. The summed E-state index contributed by atoms with van der Waals surface area (Å²) in [6, 6.07) is 6.32. The maximum atomic E-state index is 11.5. The molecule has 0 radical (unpaired) electrons. The van der Waals surface area contributed by atoms with Crippen molar-refractivity contribution < 1.29 is 17.8 Å². The number of hydrazine groups is 1. The summed E-state index contributed by atoms with van der Waals surface area (Å²) in [5, 5.41) is 0.535. The minimum absolute atomic E-state index is 0.194. The van der Waals surface area contributed by atoms with E-state index in [4.69, 9.17) is 16.2 Å². The average molecular weight is 293 g/mol. The van der Waals surface area contributed by atoms with E-state index in [2.05, 4.69) is 10.9 Å². The van der Waals surface area contributed by atoms with Gasteiger partial charge < -0.3 is 0 Å². The quantitative estimate of drug-likeness (QED) is 0.410. The number of rotatable bonds is 6. The van der Waals surface area contributed by atoms with Crippen molar-refractivity contribution in [3.63, 3.8) is 0 Å². The van der Waals surface area contributed by atoms with Crippen LogP contribution in [0.2, 0.25) is 5.02 Å². The van der Waals surface area contributed by atoms with Crippen molar-refractivity contribution in [2.24, 2.45) is 0 Å². The van der Waals surface area contributed by atoms with Gasteiger partial charge in [0, 0.05) is 17.1 Å². The number of hydrogen-bond acceptors (Lipinski definition) is 4. The van der Waals surface area contributed by atoms with Gasteiger partial charge in [-0.15, -0.1) is 0 Å². The van der Waals surface area contributed by atoms with Crippen LogP contribution in [0, 0.1) is 0 Å². The lowest BCUT2D eigenvalue weighted by atomic mass is 10.2. The Morgan fingerprint density at radius 3 is 2.44 bits per heavy atom. The minimum atomic E-state index is -3.95. The summed E-state index contributed by atoms with van der Waals surface area (Å²) in [6.45, 7) is 0.235. The zero-order valence-corrected chi connectivity index (χ0v) is 11.0. The largest absolute Gasteiger partial charge is 0.287 e. The van der Waals surface area contributed by atoms with Gasteiger partial charge in [0.15, 0.2) is 0 Å². The third-order valence-electron chi connectivity index (χ3n) is 2.01. The third-order valence-corrected chi connectivity index (χ3v) is 3.07. The fraction of sp³-hybridized carbons (Fsp3) is 0.300. The fourth-order valence-corrected chi connectivity index (χ4v) is 1.79. The summed E-state index contributed by atoms with van der Waals surface area (Å²) >= 11 is 5.68. The van der Waals surface area contributed by atoms with Gasteiger partial charge in [0.25, 0.3) is 16.0 Å². The molecular weight excluding hydrogens is 280 g/mol. The molecule has 0 heterocycles. The summed E-state index contributed by atoms with van der Waals surface area (Å²) in [7, 11) is -3.95. The number of carbonyl (C=O) groups excluding carboxylic acids is 1. The minimum Gasteiger partial charge on any atom is -0.287 e. The maximum Gasteiger partial charge on any atom is 0.265 e. The summed E-state index contributed by atoms with van der Waals surface area (Å²) in [5.41, 5.74) is 5.39. The first-order chi connectivity index (χ1) is 8.38. The predicted molar refractivity (Wildman–Crippen MR) is 68.0 cm³/mol. The van der Waals surface area contributed by atoms with Gasteiger partial charge >= 0.3 is 0 Å². The highest BCUT2D eigenvalue weighted by atomic mass is 35.5. The van der Waals surface area contributed by atoms with Crippen molar-refractivity contribution in [1.82, 2.24) is 10.9 Å². The van der Waals surface area contributed by atoms with E-state index in [0.717, 1.165) is 0 Å². The van der Waals surface area contributed by atoms with E-state index in [9.17, 15) is 13.2 Å². The topological polar surface area (TPSA) is 95.5 Å². The summed E-state index contributed by atoms with van der Waals surface area (Å²) in [5.74, 6) is -0.699. The van der Waals surface area contributed by atoms with Crippen molar-refractivity contribution >= 4 is 27.6 Å². The Morgan fingerprint density at radius 2 is 1.89 bits per heavy atom. The predicted octanol–water partition coefficient (Wildman–Crippen LogP) is 0.852. The molecule has 1 aromatic carbocycles. The van der Waals surface area contributed by atoms with Crippen LogP contribution in [0.5, 0.6) is 0 Å². The van der Waals surface area contributed by atoms with Gasteiger partial charge in [0.1, 0.15) is 0 Å². The van der Waals surface area contributed by atoms with Crippen LogP contribution in [-0.4, -0.2) is 31.2 Å². The van der Waals surface area contributed by atoms with Gasteiger partial charge in [0.05, 0.1) is 5.75 Å². The van der Waals surface area contributed by atoms with Crippen LogP contribution >= 0.6 is 11.6 Å². The molecule has 0 aliphatic carbocycles. The standard InChI is InChI=1S/C10H13ClN2O4S/c11-9-4-2-8(3-5-9)10(14)13-12-6-1-7-18(15,16)17/h2-5,12H,1,6-7H2,(H,13,14)(H,15,16,17). The molecule has 0 fully saturated rings. The molecule has 1 aromatic rings. The van der Waals surface area contributed by atoms with Crippen molar-refractivity contribution in [3.05, 3.63) is 34.9 Å². The van der Waals surface area contributed by atoms with Crippen LogP contribution in [-0.2, 0) is 10.1 Å². The average Bonchev–Trinajstić information content (AvgIpc) is 2.27. The highest BCUT2D eigenvalue weighted by Gasteiger charge is 2.05. The second kappa shape index (κ2) is 6.69. The van der Waals surface area contributed by atoms with Crippen molar-refractivity contribution in [2.75, 3.05) is 12.3 Å². The molecule has 100 valence electrons. The first-order valence-corrected chi connectivity index (χ1v) is 7.11. The van der Waals surface area contributed by atoms with Gasteiger partial charge in [-0.2, -0.15) is 8.42 Å². The molecule has 6 nitrogen and oxygen atoms in total. The van der Waals surface area contributed by atoms with E-state index in [1.807, 2.05) is 0 Å². The van der Waals surface area contributed by atoms with E-state index >= 15 is 0 Å². The van der Waals surface area contributed by atoms with E-state index in [0.29, 0.717) is 10.6 Å². The van der Waals surface area contributed by atoms with Crippen LogP contribution in [0.1, 0.15) is 16.8 Å². The SMILES string of the molecule is O=C(NNCCCS(=O)(=O)O)c1ccc(Cl)cc1. The number of halogens is 1. The molecule has 1 rings (SSSR count). The van der Waals surface area contributed by atoms with Gasteiger partial charge in [-0.05, 0) is 30.7 Å². The van der Waals surface area contributed by atoms with Crippen molar-refractivity contribution in [1.29, 1.82) is 0 Å². The molecule has 0 aromatic heterocycles. The molecule has 1 amide bonds. The van der Waals surface area contributed by atoms with Gasteiger partial charge in [0.2, 0.25) is 0 Å². The zero-order valence-electron chi connectivity index (χ0n) is 9.39. The first-order valence-electron chi connectivity index (χ1n) is 5.12. The lowest BCUT2D eigenvalue weighted by molar-refractivity contribution is 0.0933. The number of hydrogen-bond donors (Lipinski definition) is 3. The fourth-order valence-electron chi connectivity index (χ4n) is 1.16. The van der Waals surface area contributed by atoms with E-state index in [1.165, 1.54) is 0 Å². The maximum absolute atomic E-state index is 11.5. The molecule has 0 spiro atoms. The lowest BCUT2D eigenvalue weighted by Crippen LogP contribution is -2.38. The Balaban J connectivity index is 2.28. The van der Waals surface area contributed by atoms with E-state index < -0.39 is 10.1 Å². The molecular formula is C10H13ClN2O4S.